The summed E-state index contributed by atoms with van der Waals surface area (Å²) in [6, 6.07) is 8.32. The first-order chi connectivity index (χ1) is 9.85. The van der Waals surface area contributed by atoms with Gasteiger partial charge in [0.1, 0.15) is 11.5 Å². The summed E-state index contributed by atoms with van der Waals surface area (Å²) >= 11 is 0. The lowest BCUT2D eigenvalue weighted by molar-refractivity contribution is 0.331. The van der Waals surface area contributed by atoms with E-state index in [9.17, 15) is 0 Å². The van der Waals surface area contributed by atoms with Crippen LogP contribution in [0.5, 0.6) is 5.75 Å². The van der Waals surface area contributed by atoms with Crippen LogP contribution in [0.25, 0.3) is 0 Å². The van der Waals surface area contributed by atoms with Crippen LogP contribution in [-0.4, -0.2) is 18.6 Å². The van der Waals surface area contributed by atoms with Crippen LogP contribution < -0.4 is 10.1 Å². The van der Waals surface area contributed by atoms with E-state index in [1.165, 1.54) is 18.4 Å². The minimum atomic E-state index is 0.280. The van der Waals surface area contributed by atoms with Crippen molar-refractivity contribution in [3.05, 3.63) is 47.7 Å². The number of rotatable bonds is 4. The average Bonchev–Trinajstić information content (AvgIpc) is 2.97. The standard InChI is InChI=1S/C16H20N2O2/c1-19-13-6-4-5-12(9-13)10-14-11-18-16(20-14)15-7-2-3-8-17-15/h4-6,9,11,15,17H,2-3,7-8,10H2,1H3/t15-/m1/s1. The van der Waals surface area contributed by atoms with E-state index >= 15 is 0 Å². The van der Waals surface area contributed by atoms with Crippen molar-refractivity contribution in [2.24, 2.45) is 0 Å². The zero-order valence-electron chi connectivity index (χ0n) is 11.8. The Kier molecular flexibility index (Phi) is 4.02. The Bertz CT molecular complexity index is 559. The van der Waals surface area contributed by atoms with Crippen LogP contribution in [0.3, 0.4) is 0 Å². The Balaban J connectivity index is 1.70. The number of hydrogen-bond donors (Lipinski definition) is 1. The summed E-state index contributed by atoms with van der Waals surface area (Å²) in [4.78, 5) is 4.42. The molecule has 1 saturated heterocycles. The quantitative estimate of drug-likeness (QED) is 0.929. The maximum absolute atomic E-state index is 5.89. The SMILES string of the molecule is COc1cccc(Cc2cnc([C@H]3CCCCN3)o2)c1. The van der Waals surface area contributed by atoms with Crippen molar-refractivity contribution in [3.63, 3.8) is 0 Å². The molecule has 1 aromatic heterocycles. The molecule has 0 spiro atoms. The summed E-state index contributed by atoms with van der Waals surface area (Å²) < 4.78 is 11.1. The van der Waals surface area contributed by atoms with Crippen molar-refractivity contribution in [1.82, 2.24) is 10.3 Å². The number of aromatic nitrogens is 1. The average molecular weight is 272 g/mol. The van der Waals surface area contributed by atoms with Crippen molar-refractivity contribution in [3.8, 4) is 5.75 Å². The van der Waals surface area contributed by atoms with Gasteiger partial charge in [-0.25, -0.2) is 4.98 Å². The molecule has 1 atom stereocenters. The molecular weight excluding hydrogens is 252 g/mol. The zero-order valence-corrected chi connectivity index (χ0v) is 11.8. The molecule has 3 rings (SSSR count). The summed E-state index contributed by atoms with van der Waals surface area (Å²) in [5.74, 6) is 2.60. The first-order valence-corrected chi connectivity index (χ1v) is 7.16. The summed E-state index contributed by atoms with van der Waals surface area (Å²) in [5, 5.41) is 3.45. The maximum atomic E-state index is 5.89. The van der Waals surface area contributed by atoms with Gasteiger partial charge in [-0.3, -0.25) is 0 Å². The highest BCUT2D eigenvalue weighted by Crippen LogP contribution is 2.24. The molecule has 2 heterocycles. The zero-order chi connectivity index (χ0) is 13.8. The smallest absolute Gasteiger partial charge is 0.211 e. The molecule has 1 N–H and O–H groups in total. The van der Waals surface area contributed by atoms with E-state index in [1.807, 2.05) is 24.4 Å². The van der Waals surface area contributed by atoms with Crippen LogP contribution in [0.15, 0.2) is 34.9 Å². The van der Waals surface area contributed by atoms with E-state index in [2.05, 4.69) is 16.4 Å². The first-order valence-electron chi connectivity index (χ1n) is 7.16. The molecule has 4 nitrogen and oxygen atoms in total. The second-order valence-corrected chi connectivity index (χ2v) is 5.20. The van der Waals surface area contributed by atoms with E-state index in [0.29, 0.717) is 0 Å². The van der Waals surface area contributed by atoms with Gasteiger partial charge in [-0.05, 0) is 37.1 Å². The monoisotopic (exact) mass is 272 g/mol. The van der Waals surface area contributed by atoms with E-state index in [0.717, 1.165) is 36.8 Å². The van der Waals surface area contributed by atoms with Gasteiger partial charge in [0.15, 0.2) is 0 Å². The second kappa shape index (κ2) is 6.09. The molecule has 1 fully saturated rings. The third-order valence-electron chi connectivity index (χ3n) is 3.69. The van der Waals surface area contributed by atoms with Crippen molar-refractivity contribution >= 4 is 0 Å². The third-order valence-corrected chi connectivity index (χ3v) is 3.69. The lowest BCUT2D eigenvalue weighted by Gasteiger charge is -2.20. The van der Waals surface area contributed by atoms with Crippen molar-refractivity contribution in [2.45, 2.75) is 31.7 Å². The highest BCUT2D eigenvalue weighted by molar-refractivity contribution is 5.30. The molecule has 0 unspecified atom stereocenters. The Morgan fingerprint density at radius 3 is 3.15 bits per heavy atom. The largest absolute Gasteiger partial charge is 0.497 e. The summed E-state index contributed by atoms with van der Waals surface area (Å²) in [6.07, 6.45) is 6.18. The van der Waals surface area contributed by atoms with Crippen molar-refractivity contribution < 1.29 is 9.15 Å². The molecule has 4 heteroatoms. The van der Waals surface area contributed by atoms with Crippen LogP contribution in [0.2, 0.25) is 0 Å². The molecule has 1 aliphatic heterocycles. The Morgan fingerprint density at radius 2 is 2.35 bits per heavy atom. The first kappa shape index (κ1) is 13.2. The molecule has 1 aromatic carbocycles. The summed E-state index contributed by atoms with van der Waals surface area (Å²) in [6.45, 7) is 1.05. The Labute approximate surface area is 119 Å². The van der Waals surface area contributed by atoms with Crippen LogP contribution in [0, 0.1) is 0 Å². The van der Waals surface area contributed by atoms with Crippen LogP contribution >= 0.6 is 0 Å². The van der Waals surface area contributed by atoms with Gasteiger partial charge in [0.25, 0.3) is 0 Å². The highest BCUT2D eigenvalue weighted by Gasteiger charge is 2.19. The molecule has 2 aromatic rings. The van der Waals surface area contributed by atoms with Gasteiger partial charge in [-0.1, -0.05) is 18.6 Å². The van der Waals surface area contributed by atoms with Gasteiger partial charge >= 0.3 is 0 Å². The van der Waals surface area contributed by atoms with Crippen LogP contribution in [-0.2, 0) is 6.42 Å². The van der Waals surface area contributed by atoms with Gasteiger partial charge in [0, 0.05) is 6.42 Å². The number of methoxy groups -OCH3 is 1. The predicted molar refractivity (Wildman–Crippen MR) is 76.9 cm³/mol. The number of oxazole rings is 1. The number of hydrogen-bond acceptors (Lipinski definition) is 4. The molecular formula is C16H20N2O2. The number of piperidine rings is 1. The fourth-order valence-corrected chi connectivity index (χ4v) is 2.61. The fourth-order valence-electron chi connectivity index (χ4n) is 2.61. The normalized spacial score (nSPS) is 18.9. The number of nitrogens with zero attached hydrogens (tertiary/aromatic N) is 1. The molecule has 20 heavy (non-hydrogen) atoms. The second-order valence-electron chi connectivity index (χ2n) is 5.20. The van der Waals surface area contributed by atoms with Gasteiger partial charge in [0.05, 0.1) is 19.3 Å². The van der Waals surface area contributed by atoms with Gasteiger partial charge in [-0.2, -0.15) is 0 Å². The topological polar surface area (TPSA) is 47.3 Å². The number of benzene rings is 1. The molecule has 0 aliphatic carbocycles. The Morgan fingerprint density at radius 1 is 1.40 bits per heavy atom. The van der Waals surface area contributed by atoms with Crippen LogP contribution in [0.1, 0.15) is 42.5 Å². The molecule has 0 radical (unpaired) electrons. The van der Waals surface area contributed by atoms with Crippen molar-refractivity contribution in [2.75, 3.05) is 13.7 Å². The lowest BCUT2D eigenvalue weighted by atomic mass is 10.1. The third kappa shape index (κ3) is 3.02. The minimum absolute atomic E-state index is 0.280. The fraction of sp³-hybridized carbons (Fsp3) is 0.438. The number of ether oxygens (including phenoxy) is 1. The molecule has 0 bridgehead atoms. The van der Waals surface area contributed by atoms with E-state index in [-0.39, 0.29) is 6.04 Å². The molecule has 0 saturated carbocycles. The van der Waals surface area contributed by atoms with Crippen LogP contribution in [0.4, 0.5) is 0 Å². The van der Waals surface area contributed by atoms with Gasteiger partial charge < -0.3 is 14.5 Å². The summed E-state index contributed by atoms with van der Waals surface area (Å²) in [5.41, 5.74) is 1.17. The highest BCUT2D eigenvalue weighted by atomic mass is 16.5. The molecule has 0 amide bonds. The number of nitrogens with one attached hydrogen (secondary N) is 1. The minimum Gasteiger partial charge on any atom is -0.497 e. The van der Waals surface area contributed by atoms with Gasteiger partial charge in [-0.15, -0.1) is 0 Å². The lowest BCUT2D eigenvalue weighted by Crippen LogP contribution is -2.26. The predicted octanol–water partition coefficient (Wildman–Crippen LogP) is 3.09. The van der Waals surface area contributed by atoms with Crippen molar-refractivity contribution in [1.29, 1.82) is 0 Å². The molecule has 1 aliphatic rings. The van der Waals surface area contributed by atoms with E-state index < -0.39 is 0 Å². The Hall–Kier alpha value is -1.81. The summed E-state index contributed by atoms with van der Waals surface area (Å²) in [7, 11) is 1.68. The molecule has 106 valence electrons. The van der Waals surface area contributed by atoms with Gasteiger partial charge in [0.2, 0.25) is 5.89 Å². The van der Waals surface area contributed by atoms with E-state index in [1.54, 1.807) is 7.11 Å². The maximum Gasteiger partial charge on any atom is 0.211 e. The van der Waals surface area contributed by atoms with E-state index in [4.69, 9.17) is 9.15 Å².